The van der Waals surface area contributed by atoms with E-state index in [1.54, 1.807) is 12.8 Å². The fourth-order valence-electron chi connectivity index (χ4n) is 3.06. The van der Waals surface area contributed by atoms with E-state index in [9.17, 15) is 0 Å². The molecule has 0 aromatic carbocycles. The minimum absolute atomic E-state index is 0.950. The van der Waals surface area contributed by atoms with Crippen LogP contribution >= 0.6 is 0 Å². The van der Waals surface area contributed by atoms with Gasteiger partial charge in [0.2, 0.25) is 0 Å². The monoisotopic (exact) mass is 152 g/mol. The SMILES string of the molecule is CCC1C(C(C)C)C1C1CC1. The molecule has 0 amide bonds. The standard InChI is InChI=1S/C11H20/c1-4-9-10(7(2)3)11(9)8-5-6-8/h7-11H,4-6H2,1-3H3. The molecule has 0 nitrogen and oxygen atoms in total. The van der Waals surface area contributed by atoms with Gasteiger partial charge >= 0.3 is 0 Å². The van der Waals surface area contributed by atoms with E-state index in [2.05, 4.69) is 20.8 Å². The average molecular weight is 152 g/mol. The summed E-state index contributed by atoms with van der Waals surface area (Å²) in [7, 11) is 0. The van der Waals surface area contributed by atoms with Crippen LogP contribution in [0.5, 0.6) is 0 Å². The van der Waals surface area contributed by atoms with Crippen molar-refractivity contribution in [3.63, 3.8) is 0 Å². The molecule has 0 bridgehead atoms. The van der Waals surface area contributed by atoms with Crippen LogP contribution < -0.4 is 0 Å². The van der Waals surface area contributed by atoms with Crippen molar-refractivity contribution < 1.29 is 0 Å². The van der Waals surface area contributed by atoms with Crippen LogP contribution in [0.1, 0.15) is 40.0 Å². The maximum Gasteiger partial charge on any atom is -0.0321 e. The van der Waals surface area contributed by atoms with Gasteiger partial charge in [0.25, 0.3) is 0 Å². The van der Waals surface area contributed by atoms with Crippen molar-refractivity contribution in [2.75, 3.05) is 0 Å². The maximum atomic E-state index is 2.40. The highest BCUT2D eigenvalue weighted by Gasteiger charge is 2.56. The van der Waals surface area contributed by atoms with Crippen LogP contribution in [-0.2, 0) is 0 Å². The summed E-state index contributed by atoms with van der Waals surface area (Å²) in [6, 6.07) is 0. The Bertz CT molecular complexity index is 136. The van der Waals surface area contributed by atoms with Crippen LogP contribution in [0.2, 0.25) is 0 Å². The Balaban J connectivity index is 1.91. The average Bonchev–Trinajstić information content (AvgIpc) is 2.82. The van der Waals surface area contributed by atoms with Gasteiger partial charge in [-0.15, -0.1) is 0 Å². The molecule has 0 aromatic rings. The smallest absolute Gasteiger partial charge is 0.0321 e. The van der Waals surface area contributed by atoms with Gasteiger partial charge in [0.1, 0.15) is 0 Å². The Labute approximate surface area is 70.4 Å². The van der Waals surface area contributed by atoms with E-state index in [1.165, 1.54) is 6.42 Å². The van der Waals surface area contributed by atoms with Gasteiger partial charge in [-0.1, -0.05) is 27.2 Å². The first kappa shape index (κ1) is 7.64. The Morgan fingerprint density at radius 1 is 1.27 bits per heavy atom. The van der Waals surface area contributed by atoms with Gasteiger partial charge < -0.3 is 0 Å². The number of hydrogen-bond donors (Lipinski definition) is 0. The molecule has 2 fully saturated rings. The van der Waals surface area contributed by atoms with Gasteiger partial charge in [-0.25, -0.2) is 0 Å². The Kier molecular flexibility index (Phi) is 1.74. The van der Waals surface area contributed by atoms with E-state index in [0.29, 0.717) is 0 Å². The molecule has 2 rings (SSSR count). The minimum atomic E-state index is 0.950. The summed E-state index contributed by atoms with van der Waals surface area (Å²) in [6.45, 7) is 7.16. The normalized spacial score (nSPS) is 43.1. The zero-order chi connectivity index (χ0) is 8.01. The van der Waals surface area contributed by atoms with Gasteiger partial charge in [0, 0.05) is 0 Å². The van der Waals surface area contributed by atoms with Crippen LogP contribution in [0, 0.1) is 29.6 Å². The fourth-order valence-corrected chi connectivity index (χ4v) is 3.06. The molecule has 64 valence electrons. The van der Waals surface area contributed by atoms with E-state index in [0.717, 1.165) is 29.6 Å². The number of rotatable bonds is 3. The fraction of sp³-hybridized carbons (Fsp3) is 1.00. The maximum absolute atomic E-state index is 2.40. The summed E-state index contributed by atoms with van der Waals surface area (Å²) in [6.07, 6.45) is 4.53. The summed E-state index contributed by atoms with van der Waals surface area (Å²) >= 11 is 0. The van der Waals surface area contributed by atoms with Gasteiger partial charge in [0.15, 0.2) is 0 Å². The zero-order valence-corrected chi connectivity index (χ0v) is 8.01. The molecule has 0 saturated heterocycles. The highest BCUT2D eigenvalue weighted by molar-refractivity contribution is 5.04. The topological polar surface area (TPSA) is 0 Å². The molecule has 3 unspecified atom stereocenters. The molecule has 0 radical (unpaired) electrons. The van der Waals surface area contributed by atoms with Crippen molar-refractivity contribution in [3.05, 3.63) is 0 Å². The lowest BCUT2D eigenvalue weighted by Crippen LogP contribution is -1.93. The summed E-state index contributed by atoms with van der Waals surface area (Å²) in [5.41, 5.74) is 0. The lowest BCUT2D eigenvalue weighted by molar-refractivity contribution is 0.486. The first-order valence-electron chi connectivity index (χ1n) is 5.25. The molecule has 3 atom stereocenters. The van der Waals surface area contributed by atoms with Crippen LogP contribution in [0.3, 0.4) is 0 Å². The first-order valence-corrected chi connectivity index (χ1v) is 5.25. The highest BCUT2D eigenvalue weighted by atomic mass is 14.6. The molecular formula is C11H20. The minimum Gasteiger partial charge on any atom is -0.0651 e. The Hall–Kier alpha value is 0. The molecule has 2 saturated carbocycles. The number of hydrogen-bond acceptors (Lipinski definition) is 0. The van der Waals surface area contributed by atoms with E-state index in [1.807, 2.05) is 0 Å². The molecule has 0 aliphatic heterocycles. The second kappa shape index (κ2) is 2.50. The van der Waals surface area contributed by atoms with Crippen LogP contribution in [0.4, 0.5) is 0 Å². The van der Waals surface area contributed by atoms with Crippen LogP contribution in [-0.4, -0.2) is 0 Å². The van der Waals surface area contributed by atoms with Crippen LogP contribution in [0.25, 0.3) is 0 Å². The third kappa shape index (κ3) is 1.21. The molecular weight excluding hydrogens is 132 g/mol. The molecule has 0 heteroatoms. The van der Waals surface area contributed by atoms with E-state index in [-0.39, 0.29) is 0 Å². The molecule has 0 aromatic heterocycles. The van der Waals surface area contributed by atoms with Gasteiger partial charge in [-0.2, -0.15) is 0 Å². The van der Waals surface area contributed by atoms with Gasteiger partial charge in [-0.3, -0.25) is 0 Å². The van der Waals surface area contributed by atoms with Crippen molar-refractivity contribution in [1.82, 2.24) is 0 Å². The molecule has 0 spiro atoms. The largest absolute Gasteiger partial charge is 0.0651 e. The second-order valence-electron chi connectivity index (χ2n) is 4.81. The van der Waals surface area contributed by atoms with Crippen molar-refractivity contribution >= 4 is 0 Å². The lowest BCUT2D eigenvalue weighted by Gasteiger charge is -2.00. The van der Waals surface area contributed by atoms with Crippen LogP contribution in [0.15, 0.2) is 0 Å². The summed E-state index contributed by atoms with van der Waals surface area (Å²) < 4.78 is 0. The Morgan fingerprint density at radius 2 is 1.91 bits per heavy atom. The predicted molar refractivity (Wildman–Crippen MR) is 48.3 cm³/mol. The van der Waals surface area contributed by atoms with Crippen molar-refractivity contribution in [2.45, 2.75) is 40.0 Å². The first-order chi connectivity index (χ1) is 5.25. The molecule has 0 N–H and O–H groups in total. The molecule has 2 aliphatic carbocycles. The van der Waals surface area contributed by atoms with Gasteiger partial charge in [0.05, 0.1) is 0 Å². The third-order valence-corrected chi connectivity index (χ3v) is 3.70. The lowest BCUT2D eigenvalue weighted by atomic mass is 10.1. The quantitative estimate of drug-likeness (QED) is 0.582. The summed E-state index contributed by atoms with van der Waals surface area (Å²) in [4.78, 5) is 0. The van der Waals surface area contributed by atoms with Crippen molar-refractivity contribution in [3.8, 4) is 0 Å². The van der Waals surface area contributed by atoms with E-state index >= 15 is 0 Å². The zero-order valence-electron chi connectivity index (χ0n) is 8.01. The van der Waals surface area contributed by atoms with Crippen molar-refractivity contribution in [1.29, 1.82) is 0 Å². The Morgan fingerprint density at radius 3 is 2.18 bits per heavy atom. The van der Waals surface area contributed by atoms with Crippen molar-refractivity contribution in [2.24, 2.45) is 29.6 Å². The summed E-state index contributed by atoms with van der Waals surface area (Å²) in [5, 5.41) is 0. The molecule has 0 heterocycles. The van der Waals surface area contributed by atoms with E-state index < -0.39 is 0 Å². The second-order valence-corrected chi connectivity index (χ2v) is 4.81. The van der Waals surface area contributed by atoms with E-state index in [4.69, 9.17) is 0 Å². The highest BCUT2D eigenvalue weighted by Crippen LogP contribution is 2.62. The third-order valence-electron chi connectivity index (χ3n) is 3.70. The summed E-state index contributed by atoms with van der Waals surface area (Å²) in [5.74, 6) is 5.48. The van der Waals surface area contributed by atoms with Gasteiger partial charge in [-0.05, 0) is 42.4 Å². The molecule has 2 aliphatic rings. The predicted octanol–water partition coefficient (Wildman–Crippen LogP) is 3.32. The molecule has 11 heavy (non-hydrogen) atoms.